The van der Waals surface area contributed by atoms with Gasteiger partial charge in [-0.3, -0.25) is 0 Å². The van der Waals surface area contributed by atoms with Crippen LogP contribution in [0.3, 0.4) is 0 Å². The van der Waals surface area contributed by atoms with Crippen LogP contribution in [0.5, 0.6) is 0 Å². The van der Waals surface area contributed by atoms with Crippen LogP contribution in [0.2, 0.25) is 0 Å². The van der Waals surface area contributed by atoms with E-state index in [4.69, 9.17) is 11.2 Å². The molecule has 0 bridgehead atoms. The molecule has 1 fully saturated rings. The van der Waals surface area contributed by atoms with Gasteiger partial charge in [0.25, 0.3) is 0 Å². The topological polar surface area (TPSA) is 21.3 Å². The Morgan fingerprint density at radius 2 is 2.25 bits per heavy atom. The molecule has 0 saturated carbocycles. The second kappa shape index (κ2) is 5.18. The third kappa shape index (κ3) is 3.25. The van der Waals surface area contributed by atoms with Crippen molar-refractivity contribution in [2.45, 2.75) is 25.8 Å². The predicted octanol–water partition coefficient (Wildman–Crippen LogP) is 1.02. The minimum atomic E-state index is 0.202. The number of rotatable bonds is 3. The molecule has 1 unspecified atom stereocenters. The minimum absolute atomic E-state index is 0.202. The van der Waals surface area contributed by atoms with Crippen LogP contribution in [0.4, 0.5) is 0 Å². The molecule has 0 aromatic heterocycles. The van der Waals surface area contributed by atoms with E-state index < -0.39 is 0 Å². The Hall–Kier alpha value is -0.520. The highest BCUT2D eigenvalue weighted by atomic mass is 16.5. The SMILES string of the molecule is C#CC(C)NCC1CCOCC1. The lowest BCUT2D eigenvalue weighted by atomic mass is 10.0. The quantitative estimate of drug-likeness (QED) is 0.634. The molecule has 1 atom stereocenters. The zero-order chi connectivity index (χ0) is 8.81. The van der Waals surface area contributed by atoms with Gasteiger partial charge in [0, 0.05) is 13.2 Å². The Bertz CT molecular complexity index is 156. The molecular weight excluding hydrogens is 150 g/mol. The molecule has 12 heavy (non-hydrogen) atoms. The number of nitrogens with one attached hydrogen (secondary N) is 1. The van der Waals surface area contributed by atoms with E-state index in [1.54, 1.807) is 0 Å². The van der Waals surface area contributed by atoms with Gasteiger partial charge in [0.1, 0.15) is 0 Å². The highest BCUT2D eigenvalue weighted by molar-refractivity contribution is 4.95. The van der Waals surface area contributed by atoms with Crippen molar-refractivity contribution in [2.24, 2.45) is 5.92 Å². The largest absolute Gasteiger partial charge is 0.381 e. The maximum absolute atomic E-state index is 5.26. The second-order valence-electron chi connectivity index (χ2n) is 3.35. The Morgan fingerprint density at radius 3 is 2.83 bits per heavy atom. The smallest absolute Gasteiger partial charge is 0.0658 e. The first kappa shape index (κ1) is 9.57. The van der Waals surface area contributed by atoms with E-state index in [-0.39, 0.29) is 6.04 Å². The molecule has 0 amide bonds. The summed E-state index contributed by atoms with van der Waals surface area (Å²) in [6.07, 6.45) is 7.59. The number of hydrogen-bond donors (Lipinski definition) is 1. The first-order chi connectivity index (χ1) is 5.83. The van der Waals surface area contributed by atoms with Crippen molar-refractivity contribution in [3.63, 3.8) is 0 Å². The molecule has 1 heterocycles. The first-order valence-corrected chi connectivity index (χ1v) is 4.60. The average molecular weight is 167 g/mol. The van der Waals surface area contributed by atoms with E-state index in [1.807, 2.05) is 6.92 Å². The van der Waals surface area contributed by atoms with Crippen molar-refractivity contribution in [3.05, 3.63) is 0 Å². The molecule has 1 aliphatic heterocycles. The monoisotopic (exact) mass is 167 g/mol. The fourth-order valence-electron chi connectivity index (χ4n) is 1.35. The number of terminal acetylenes is 1. The molecule has 0 aliphatic carbocycles. The molecule has 0 aromatic rings. The first-order valence-electron chi connectivity index (χ1n) is 4.60. The van der Waals surface area contributed by atoms with Crippen LogP contribution in [0.1, 0.15) is 19.8 Å². The number of ether oxygens (including phenoxy) is 1. The van der Waals surface area contributed by atoms with Crippen LogP contribution in [-0.2, 0) is 4.74 Å². The van der Waals surface area contributed by atoms with Crippen molar-refractivity contribution in [1.82, 2.24) is 5.32 Å². The van der Waals surface area contributed by atoms with E-state index in [0.29, 0.717) is 0 Å². The summed E-state index contributed by atoms with van der Waals surface area (Å²) in [7, 11) is 0. The van der Waals surface area contributed by atoms with Crippen LogP contribution in [0.15, 0.2) is 0 Å². The van der Waals surface area contributed by atoms with Crippen LogP contribution in [-0.4, -0.2) is 25.8 Å². The molecule has 68 valence electrons. The zero-order valence-electron chi connectivity index (χ0n) is 7.68. The fourth-order valence-corrected chi connectivity index (χ4v) is 1.35. The summed E-state index contributed by atoms with van der Waals surface area (Å²) in [6.45, 7) is 4.88. The summed E-state index contributed by atoms with van der Waals surface area (Å²) >= 11 is 0. The summed E-state index contributed by atoms with van der Waals surface area (Å²) in [5.41, 5.74) is 0. The van der Waals surface area contributed by atoms with Crippen molar-refractivity contribution < 1.29 is 4.74 Å². The molecule has 0 radical (unpaired) electrons. The molecule has 0 spiro atoms. The van der Waals surface area contributed by atoms with Crippen LogP contribution < -0.4 is 5.32 Å². The molecule has 2 heteroatoms. The number of hydrogen-bond acceptors (Lipinski definition) is 2. The van der Waals surface area contributed by atoms with Gasteiger partial charge in [-0.25, -0.2) is 0 Å². The van der Waals surface area contributed by atoms with Gasteiger partial charge in [0.2, 0.25) is 0 Å². The van der Waals surface area contributed by atoms with Crippen LogP contribution in [0, 0.1) is 18.3 Å². The summed E-state index contributed by atoms with van der Waals surface area (Å²) in [6, 6.07) is 0.202. The third-order valence-electron chi connectivity index (χ3n) is 2.30. The maximum atomic E-state index is 5.26. The summed E-state index contributed by atoms with van der Waals surface area (Å²) in [5, 5.41) is 3.31. The summed E-state index contributed by atoms with van der Waals surface area (Å²) < 4.78 is 5.26. The van der Waals surface area contributed by atoms with Crippen molar-refractivity contribution in [3.8, 4) is 12.3 Å². The average Bonchev–Trinajstić information content (AvgIpc) is 2.16. The standard InChI is InChI=1S/C10H17NO/c1-3-9(2)11-8-10-4-6-12-7-5-10/h1,9-11H,4-8H2,2H3. The lowest BCUT2D eigenvalue weighted by Gasteiger charge is -2.22. The maximum Gasteiger partial charge on any atom is 0.0658 e. The Labute approximate surface area is 74.7 Å². The second-order valence-corrected chi connectivity index (χ2v) is 3.35. The van der Waals surface area contributed by atoms with Crippen LogP contribution >= 0.6 is 0 Å². The van der Waals surface area contributed by atoms with Gasteiger partial charge in [-0.15, -0.1) is 6.42 Å². The van der Waals surface area contributed by atoms with Gasteiger partial charge >= 0.3 is 0 Å². The lowest BCUT2D eigenvalue weighted by molar-refractivity contribution is 0.0660. The van der Waals surface area contributed by atoms with Gasteiger partial charge < -0.3 is 10.1 Å². The highest BCUT2D eigenvalue weighted by Gasteiger charge is 2.13. The lowest BCUT2D eigenvalue weighted by Crippen LogP contribution is -2.32. The Morgan fingerprint density at radius 1 is 1.58 bits per heavy atom. The molecule has 1 rings (SSSR count). The Balaban J connectivity index is 2.10. The summed E-state index contributed by atoms with van der Waals surface area (Å²) in [5.74, 6) is 3.42. The van der Waals surface area contributed by atoms with Crippen molar-refractivity contribution in [1.29, 1.82) is 0 Å². The molecule has 1 aliphatic rings. The van der Waals surface area contributed by atoms with E-state index in [9.17, 15) is 0 Å². The normalized spacial score (nSPS) is 21.7. The van der Waals surface area contributed by atoms with E-state index >= 15 is 0 Å². The molecule has 2 nitrogen and oxygen atoms in total. The van der Waals surface area contributed by atoms with Crippen molar-refractivity contribution >= 4 is 0 Å². The van der Waals surface area contributed by atoms with Gasteiger partial charge in [-0.05, 0) is 32.2 Å². The van der Waals surface area contributed by atoms with Gasteiger partial charge in [0.05, 0.1) is 6.04 Å². The zero-order valence-corrected chi connectivity index (χ0v) is 7.68. The predicted molar refractivity (Wildman–Crippen MR) is 49.8 cm³/mol. The third-order valence-corrected chi connectivity index (χ3v) is 2.30. The van der Waals surface area contributed by atoms with E-state index in [2.05, 4.69) is 11.2 Å². The van der Waals surface area contributed by atoms with Gasteiger partial charge in [0.15, 0.2) is 0 Å². The van der Waals surface area contributed by atoms with Gasteiger partial charge in [-0.2, -0.15) is 0 Å². The highest BCUT2D eigenvalue weighted by Crippen LogP contribution is 2.13. The molecule has 0 aromatic carbocycles. The van der Waals surface area contributed by atoms with E-state index in [1.165, 1.54) is 12.8 Å². The Kier molecular flexibility index (Phi) is 4.13. The summed E-state index contributed by atoms with van der Waals surface area (Å²) in [4.78, 5) is 0. The van der Waals surface area contributed by atoms with Gasteiger partial charge in [-0.1, -0.05) is 5.92 Å². The molecular formula is C10H17NO. The minimum Gasteiger partial charge on any atom is -0.381 e. The van der Waals surface area contributed by atoms with Crippen LogP contribution in [0.25, 0.3) is 0 Å². The fraction of sp³-hybridized carbons (Fsp3) is 0.800. The van der Waals surface area contributed by atoms with Crippen molar-refractivity contribution in [2.75, 3.05) is 19.8 Å². The molecule has 1 N–H and O–H groups in total. The van der Waals surface area contributed by atoms with E-state index in [0.717, 1.165) is 25.7 Å². The molecule has 1 saturated heterocycles.